The van der Waals surface area contributed by atoms with Crippen molar-refractivity contribution < 1.29 is 9.53 Å². The molecule has 2 atom stereocenters. The molecule has 2 fully saturated rings. The fraction of sp³-hybridized carbons (Fsp3) is 0.929. The fourth-order valence-corrected chi connectivity index (χ4v) is 2.69. The molecule has 1 aliphatic heterocycles. The first kappa shape index (κ1) is 13.7. The highest BCUT2D eigenvalue weighted by molar-refractivity contribution is 5.73. The van der Waals surface area contributed by atoms with Gasteiger partial charge in [0.15, 0.2) is 0 Å². The molecule has 4 heteroatoms. The van der Waals surface area contributed by atoms with E-state index in [2.05, 4.69) is 24.5 Å². The minimum absolute atomic E-state index is 0.0231. The van der Waals surface area contributed by atoms with Crippen LogP contribution >= 0.6 is 0 Å². The summed E-state index contributed by atoms with van der Waals surface area (Å²) in [4.78, 5) is 11.6. The van der Waals surface area contributed by atoms with Crippen molar-refractivity contribution in [2.45, 2.75) is 45.6 Å². The van der Waals surface area contributed by atoms with Gasteiger partial charge in [-0.3, -0.25) is 0 Å². The highest BCUT2D eigenvalue weighted by Crippen LogP contribution is 2.31. The Morgan fingerprint density at radius 3 is 2.72 bits per heavy atom. The van der Waals surface area contributed by atoms with Crippen molar-refractivity contribution in [2.24, 2.45) is 17.8 Å². The molecule has 4 nitrogen and oxygen atoms in total. The molecule has 2 aliphatic rings. The molecule has 0 aromatic heterocycles. The molecule has 2 N–H and O–H groups in total. The van der Waals surface area contributed by atoms with Crippen LogP contribution in [0.4, 0.5) is 4.79 Å². The van der Waals surface area contributed by atoms with E-state index >= 15 is 0 Å². The molecule has 1 saturated heterocycles. The van der Waals surface area contributed by atoms with E-state index in [9.17, 15) is 4.79 Å². The molecule has 18 heavy (non-hydrogen) atoms. The molecule has 2 rings (SSSR count). The van der Waals surface area contributed by atoms with E-state index in [0.29, 0.717) is 17.9 Å². The van der Waals surface area contributed by atoms with Gasteiger partial charge in [-0.25, -0.2) is 4.79 Å². The second-order valence-electron chi connectivity index (χ2n) is 6.00. The average molecular weight is 254 g/mol. The highest BCUT2D eigenvalue weighted by atomic mass is 16.5. The Hall–Kier alpha value is -0.770. The molecule has 0 aromatic rings. The van der Waals surface area contributed by atoms with Gasteiger partial charge in [-0.15, -0.1) is 0 Å². The van der Waals surface area contributed by atoms with Crippen molar-refractivity contribution in [3.8, 4) is 0 Å². The molecule has 1 aliphatic carbocycles. The van der Waals surface area contributed by atoms with Gasteiger partial charge in [0.05, 0.1) is 6.10 Å². The zero-order chi connectivity index (χ0) is 13.0. The lowest BCUT2D eigenvalue weighted by atomic mass is 9.93. The van der Waals surface area contributed by atoms with E-state index in [4.69, 9.17) is 4.74 Å². The van der Waals surface area contributed by atoms with E-state index in [1.807, 2.05) is 0 Å². The minimum Gasteiger partial charge on any atom is -0.378 e. The van der Waals surface area contributed by atoms with Gasteiger partial charge in [0.25, 0.3) is 0 Å². The summed E-state index contributed by atoms with van der Waals surface area (Å²) in [6.45, 7) is 6.74. The van der Waals surface area contributed by atoms with E-state index in [0.717, 1.165) is 38.5 Å². The third kappa shape index (κ3) is 4.16. The maximum atomic E-state index is 11.6. The van der Waals surface area contributed by atoms with Crippen molar-refractivity contribution in [3.63, 3.8) is 0 Å². The second-order valence-corrected chi connectivity index (χ2v) is 6.00. The maximum absolute atomic E-state index is 11.6. The molecule has 0 aromatic carbocycles. The predicted octanol–water partition coefficient (Wildman–Crippen LogP) is 2.15. The number of urea groups is 1. The summed E-state index contributed by atoms with van der Waals surface area (Å²) < 4.78 is 5.71. The Labute approximate surface area is 110 Å². The van der Waals surface area contributed by atoms with Crippen molar-refractivity contribution in [2.75, 3.05) is 19.7 Å². The number of ether oxygens (including phenoxy) is 1. The zero-order valence-electron chi connectivity index (χ0n) is 11.6. The molecule has 0 unspecified atom stereocenters. The molecular formula is C14H26N2O2. The van der Waals surface area contributed by atoms with Crippen molar-refractivity contribution in [3.05, 3.63) is 0 Å². The smallest absolute Gasteiger partial charge is 0.314 e. The van der Waals surface area contributed by atoms with Crippen LogP contribution in [0.1, 0.15) is 39.5 Å². The molecule has 2 amide bonds. The third-order valence-electron chi connectivity index (χ3n) is 3.98. The second kappa shape index (κ2) is 6.41. The Morgan fingerprint density at radius 1 is 1.28 bits per heavy atom. The van der Waals surface area contributed by atoms with Gasteiger partial charge in [-0.1, -0.05) is 26.7 Å². The molecule has 1 saturated carbocycles. The van der Waals surface area contributed by atoms with E-state index < -0.39 is 0 Å². The average Bonchev–Trinajstić information content (AvgIpc) is 3.02. The summed E-state index contributed by atoms with van der Waals surface area (Å²) in [7, 11) is 0. The predicted molar refractivity (Wildman–Crippen MR) is 71.4 cm³/mol. The standard InChI is InChI=1S/C14H26N2O2/c1-10(2)13-12(6-8-18-13)9-16-14(17)15-7-5-11-3-4-11/h10-13H,3-9H2,1-2H3,(H2,15,16,17)/t12-,13-/m1/s1. The Morgan fingerprint density at radius 2 is 2.06 bits per heavy atom. The van der Waals surface area contributed by atoms with Crippen LogP contribution in [-0.2, 0) is 4.74 Å². The Kier molecular flexibility index (Phi) is 4.87. The van der Waals surface area contributed by atoms with Gasteiger partial charge in [0.2, 0.25) is 0 Å². The van der Waals surface area contributed by atoms with Gasteiger partial charge in [0.1, 0.15) is 0 Å². The van der Waals surface area contributed by atoms with Crippen LogP contribution in [0.15, 0.2) is 0 Å². The molecule has 1 heterocycles. The number of hydrogen-bond acceptors (Lipinski definition) is 2. The van der Waals surface area contributed by atoms with Crippen LogP contribution in [-0.4, -0.2) is 31.8 Å². The fourth-order valence-electron chi connectivity index (χ4n) is 2.69. The summed E-state index contributed by atoms with van der Waals surface area (Å²) in [5, 5.41) is 5.90. The van der Waals surface area contributed by atoms with Crippen LogP contribution in [0.2, 0.25) is 0 Å². The summed E-state index contributed by atoms with van der Waals surface area (Å²) in [6.07, 6.45) is 5.19. The van der Waals surface area contributed by atoms with Crippen LogP contribution in [0.25, 0.3) is 0 Å². The molecule has 0 radical (unpaired) electrons. The number of rotatable bonds is 6. The molecular weight excluding hydrogens is 228 g/mol. The first-order valence-corrected chi connectivity index (χ1v) is 7.30. The van der Waals surface area contributed by atoms with Gasteiger partial charge in [-0.2, -0.15) is 0 Å². The third-order valence-corrected chi connectivity index (χ3v) is 3.98. The van der Waals surface area contributed by atoms with Gasteiger partial charge in [0, 0.05) is 25.6 Å². The lowest BCUT2D eigenvalue weighted by Crippen LogP contribution is -2.41. The number of nitrogens with one attached hydrogen (secondary N) is 2. The number of carbonyl (C=O) groups is 1. The number of carbonyl (C=O) groups excluding carboxylic acids is 1. The summed E-state index contributed by atoms with van der Waals surface area (Å²) in [5.74, 6) is 1.87. The van der Waals surface area contributed by atoms with Crippen molar-refractivity contribution in [1.29, 1.82) is 0 Å². The van der Waals surface area contributed by atoms with E-state index in [1.165, 1.54) is 12.8 Å². The normalized spacial score (nSPS) is 27.5. The van der Waals surface area contributed by atoms with Gasteiger partial charge in [-0.05, 0) is 24.7 Å². The maximum Gasteiger partial charge on any atom is 0.314 e. The summed E-state index contributed by atoms with van der Waals surface area (Å²) in [6, 6.07) is -0.0231. The lowest BCUT2D eigenvalue weighted by Gasteiger charge is -2.22. The zero-order valence-corrected chi connectivity index (χ0v) is 11.6. The lowest BCUT2D eigenvalue weighted by molar-refractivity contribution is 0.0545. The van der Waals surface area contributed by atoms with Crippen molar-refractivity contribution >= 4 is 6.03 Å². The van der Waals surface area contributed by atoms with E-state index in [1.54, 1.807) is 0 Å². The van der Waals surface area contributed by atoms with Crippen LogP contribution in [0.5, 0.6) is 0 Å². The minimum atomic E-state index is -0.0231. The van der Waals surface area contributed by atoms with Gasteiger partial charge >= 0.3 is 6.03 Å². The summed E-state index contributed by atoms with van der Waals surface area (Å²) in [5.41, 5.74) is 0. The van der Waals surface area contributed by atoms with E-state index in [-0.39, 0.29) is 6.03 Å². The molecule has 104 valence electrons. The Bertz CT molecular complexity index is 277. The van der Waals surface area contributed by atoms with Crippen molar-refractivity contribution in [1.82, 2.24) is 10.6 Å². The van der Waals surface area contributed by atoms with Crippen LogP contribution in [0, 0.1) is 17.8 Å². The van der Waals surface area contributed by atoms with Crippen LogP contribution in [0.3, 0.4) is 0 Å². The largest absolute Gasteiger partial charge is 0.378 e. The highest BCUT2D eigenvalue weighted by Gasteiger charge is 2.30. The molecule has 0 bridgehead atoms. The number of amides is 2. The topological polar surface area (TPSA) is 50.4 Å². The first-order valence-electron chi connectivity index (χ1n) is 7.30. The van der Waals surface area contributed by atoms with Crippen LogP contribution < -0.4 is 10.6 Å². The monoisotopic (exact) mass is 254 g/mol. The quantitative estimate of drug-likeness (QED) is 0.763. The number of hydrogen-bond donors (Lipinski definition) is 2. The first-order chi connectivity index (χ1) is 8.66. The molecule has 0 spiro atoms. The SMILES string of the molecule is CC(C)[C@H]1OCC[C@@H]1CNC(=O)NCCC1CC1. The van der Waals surface area contributed by atoms with Gasteiger partial charge < -0.3 is 15.4 Å². The Balaban J connectivity index is 1.59. The summed E-state index contributed by atoms with van der Waals surface area (Å²) >= 11 is 0.